The zero-order chi connectivity index (χ0) is 18.8. The topological polar surface area (TPSA) is 62.6 Å². The molecule has 136 valence electrons. The Hall–Kier alpha value is -2.36. The molecule has 0 heterocycles. The third-order valence-corrected chi connectivity index (χ3v) is 4.21. The number of hydrogen-bond donors (Lipinski definition) is 0. The van der Waals surface area contributed by atoms with E-state index in [9.17, 15) is 4.79 Å². The molecule has 0 unspecified atom stereocenters. The molecule has 0 atom stereocenters. The summed E-state index contributed by atoms with van der Waals surface area (Å²) >= 11 is 3.41. The molecule has 2 aromatic rings. The average Bonchev–Trinajstić information content (AvgIpc) is 2.66. The molecule has 0 aliphatic heterocycles. The van der Waals surface area contributed by atoms with Gasteiger partial charge in [0.05, 0.1) is 24.7 Å². The molecule has 6 heteroatoms. The van der Waals surface area contributed by atoms with Gasteiger partial charge in [-0.1, -0.05) is 46.3 Å². The van der Waals surface area contributed by atoms with Crippen LogP contribution in [-0.2, 0) is 11.3 Å². The van der Waals surface area contributed by atoms with Crippen molar-refractivity contribution in [2.45, 2.75) is 13.0 Å². The fourth-order valence-electron chi connectivity index (χ4n) is 2.44. The summed E-state index contributed by atoms with van der Waals surface area (Å²) in [5.41, 5.74) is 1.47. The first-order chi connectivity index (χ1) is 12.7. The number of carbonyl (C=O) groups is 1. The van der Waals surface area contributed by atoms with Crippen LogP contribution in [0.25, 0.3) is 0 Å². The quantitative estimate of drug-likeness (QED) is 0.578. The van der Waals surface area contributed by atoms with Gasteiger partial charge in [0.15, 0.2) is 0 Å². The highest BCUT2D eigenvalue weighted by Gasteiger charge is 2.20. The Labute approximate surface area is 162 Å². The van der Waals surface area contributed by atoms with Crippen LogP contribution in [0.4, 0.5) is 0 Å². The molecular weight excluding hydrogens is 396 g/mol. The predicted molar refractivity (Wildman–Crippen MR) is 103 cm³/mol. The number of nitriles is 1. The van der Waals surface area contributed by atoms with E-state index in [2.05, 4.69) is 22.0 Å². The minimum atomic E-state index is -0.169. The highest BCUT2D eigenvalue weighted by molar-refractivity contribution is 9.10. The van der Waals surface area contributed by atoms with E-state index in [0.29, 0.717) is 37.6 Å². The lowest BCUT2D eigenvalue weighted by molar-refractivity contribution is 0.0739. The minimum absolute atomic E-state index is 0.169. The molecule has 0 spiro atoms. The zero-order valence-corrected chi connectivity index (χ0v) is 16.2. The summed E-state index contributed by atoms with van der Waals surface area (Å²) in [4.78, 5) is 14.8. The van der Waals surface area contributed by atoms with E-state index in [4.69, 9.17) is 14.7 Å². The molecule has 0 aliphatic rings. The van der Waals surface area contributed by atoms with Crippen LogP contribution in [0.1, 0.15) is 22.3 Å². The minimum Gasteiger partial charge on any atom is -0.490 e. The van der Waals surface area contributed by atoms with E-state index < -0.39 is 0 Å². The number of rotatable bonds is 9. The van der Waals surface area contributed by atoms with Crippen molar-refractivity contribution in [1.82, 2.24) is 4.90 Å². The maximum Gasteiger partial charge on any atom is 0.257 e. The normalized spacial score (nSPS) is 10.2. The number of amides is 1. The second kappa shape index (κ2) is 10.6. The number of halogens is 1. The Morgan fingerprint density at radius 2 is 1.96 bits per heavy atom. The molecule has 0 fully saturated rings. The summed E-state index contributed by atoms with van der Waals surface area (Å²) in [5.74, 6) is 0.336. The zero-order valence-electron chi connectivity index (χ0n) is 14.7. The summed E-state index contributed by atoms with van der Waals surface area (Å²) in [6, 6.07) is 17.2. The molecule has 26 heavy (non-hydrogen) atoms. The summed E-state index contributed by atoms with van der Waals surface area (Å²) < 4.78 is 11.5. The van der Waals surface area contributed by atoms with Crippen molar-refractivity contribution in [2.75, 3.05) is 26.9 Å². The first-order valence-electron chi connectivity index (χ1n) is 8.27. The van der Waals surface area contributed by atoms with Crippen molar-refractivity contribution in [3.8, 4) is 11.8 Å². The Morgan fingerprint density at radius 3 is 2.65 bits per heavy atom. The Balaban J connectivity index is 2.26. The predicted octanol–water partition coefficient (Wildman–Crippen LogP) is 4.03. The van der Waals surface area contributed by atoms with Crippen molar-refractivity contribution >= 4 is 21.8 Å². The Morgan fingerprint density at radius 1 is 1.19 bits per heavy atom. The van der Waals surface area contributed by atoms with Crippen molar-refractivity contribution in [3.05, 3.63) is 64.1 Å². The number of carbonyl (C=O) groups excluding carboxylic acids is 1. The van der Waals surface area contributed by atoms with Gasteiger partial charge in [0.2, 0.25) is 0 Å². The van der Waals surface area contributed by atoms with Crippen molar-refractivity contribution in [1.29, 1.82) is 5.26 Å². The standard InChI is InChI=1S/C20H21BrN2O3/c1-25-12-13-26-19-9-8-17(21)14-18(19)20(24)23(11-5-10-22)15-16-6-3-2-4-7-16/h2-4,6-9,14H,5,11-13,15H2,1H3. The van der Waals surface area contributed by atoms with Gasteiger partial charge in [-0.15, -0.1) is 0 Å². The summed E-state index contributed by atoms with van der Waals surface area (Å²) in [6.45, 7) is 1.58. The summed E-state index contributed by atoms with van der Waals surface area (Å²) in [7, 11) is 1.60. The highest BCUT2D eigenvalue weighted by Crippen LogP contribution is 2.25. The van der Waals surface area contributed by atoms with Crippen LogP contribution < -0.4 is 4.74 Å². The lowest BCUT2D eigenvalue weighted by Gasteiger charge is -2.23. The Kier molecular flexibility index (Phi) is 8.13. The molecule has 0 aromatic heterocycles. The summed E-state index contributed by atoms with van der Waals surface area (Å²) in [5, 5.41) is 8.94. The molecule has 0 bridgehead atoms. The van der Waals surface area contributed by atoms with E-state index in [1.807, 2.05) is 36.4 Å². The van der Waals surface area contributed by atoms with E-state index in [-0.39, 0.29) is 12.3 Å². The molecule has 0 N–H and O–H groups in total. The molecule has 1 amide bonds. The summed E-state index contributed by atoms with van der Waals surface area (Å²) in [6.07, 6.45) is 0.270. The van der Waals surface area contributed by atoms with Crippen LogP contribution in [0.15, 0.2) is 53.0 Å². The Bertz CT molecular complexity index is 759. The lowest BCUT2D eigenvalue weighted by Crippen LogP contribution is -2.32. The maximum absolute atomic E-state index is 13.1. The van der Waals surface area contributed by atoms with Gasteiger partial charge in [-0.05, 0) is 23.8 Å². The molecule has 0 saturated carbocycles. The van der Waals surface area contributed by atoms with Crippen LogP contribution in [0.3, 0.4) is 0 Å². The van der Waals surface area contributed by atoms with Gasteiger partial charge < -0.3 is 14.4 Å². The molecular formula is C20H21BrN2O3. The number of methoxy groups -OCH3 is 1. The molecule has 0 saturated heterocycles. The molecule has 0 aliphatic carbocycles. The SMILES string of the molecule is COCCOc1ccc(Br)cc1C(=O)N(CCC#N)Cc1ccccc1. The first kappa shape index (κ1) is 20.0. The van der Waals surface area contributed by atoms with E-state index in [0.717, 1.165) is 10.0 Å². The molecule has 0 radical (unpaired) electrons. The van der Waals surface area contributed by atoms with Crippen LogP contribution >= 0.6 is 15.9 Å². The van der Waals surface area contributed by atoms with Gasteiger partial charge >= 0.3 is 0 Å². The third kappa shape index (κ3) is 5.87. The number of hydrogen-bond acceptors (Lipinski definition) is 4. The van der Waals surface area contributed by atoms with Gasteiger partial charge in [-0.3, -0.25) is 4.79 Å². The van der Waals surface area contributed by atoms with Crippen molar-refractivity contribution < 1.29 is 14.3 Å². The van der Waals surface area contributed by atoms with Gasteiger partial charge in [0.1, 0.15) is 12.4 Å². The smallest absolute Gasteiger partial charge is 0.257 e. The molecule has 2 aromatic carbocycles. The van der Waals surface area contributed by atoms with Gasteiger partial charge in [0.25, 0.3) is 5.91 Å². The highest BCUT2D eigenvalue weighted by atomic mass is 79.9. The second-order valence-electron chi connectivity index (χ2n) is 5.60. The van der Waals surface area contributed by atoms with Gasteiger partial charge in [0, 0.05) is 24.7 Å². The van der Waals surface area contributed by atoms with Crippen LogP contribution in [0.2, 0.25) is 0 Å². The van der Waals surface area contributed by atoms with Gasteiger partial charge in [-0.25, -0.2) is 0 Å². The molecule has 5 nitrogen and oxygen atoms in total. The lowest BCUT2D eigenvalue weighted by atomic mass is 10.1. The second-order valence-corrected chi connectivity index (χ2v) is 6.52. The van der Waals surface area contributed by atoms with E-state index in [1.165, 1.54) is 0 Å². The molecule has 2 rings (SSSR count). The largest absolute Gasteiger partial charge is 0.490 e. The first-order valence-corrected chi connectivity index (χ1v) is 9.06. The maximum atomic E-state index is 13.1. The monoisotopic (exact) mass is 416 g/mol. The van der Waals surface area contributed by atoms with Crippen molar-refractivity contribution in [2.24, 2.45) is 0 Å². The number of benzene rings is 2. The van der Waals surface area contributed by atoms with Crippen LogP contribution in [-0.4, -0.2) is 37.7 Å². The fraction of sp³-hybridized carbons (Fsp3) is 0.300. The van der Waals surface area contributed by atoms with Gasteiger partial charge in [-0.2, -0.15) is 5.26 Å². The average molecular weight is 417 g/mol. The fourth-order valence-corrected chi connectivity index (χ4v) is 2.80. The van der Waals surface area contributed by atoms with E-state index in [1.54, 1.807) is 24.1 Å². The van der Waals surface area contributed by atoms with Crippen LogP contribution in [0.5, 0.6) is 5.75 Å². The number of ether oxygens (including phenoxy) is 2. The third-order valence-electron chi connectivity index (χ3n) is 3.71. The van der Waals surface area contributed by atoms with Crippen LogP contribution in [0, 0.1) is 11.3 Å². The number of nitrogens with zero attached hydrogens (tertiary/aromatic N) is 2. The van der Waals surface area contributed by atoms with Crippen molar-refractivity contribution in [3.63, 3.8) is 0 Å². The van der Waals surface area contributed by atoms with E-state index >= 15 is 0 Å².